The van der Waals surface area contributed by atoms with E-state index >= 15 is 0 Å². The van der Waals surface area contributed by atoms with E-state index in [-0.39, 0.29) is 11.7 Å². The van der Waals surface area contributed by atoms with Gasteiger partial charge in [0.05, 0.1) is 0 Å². The number of ketones is 1. The van der Waals surface area contributed by atoms with E-state index in [4.69, 9.17) is 11.6 Å². The molecule has 0 aliphatic heterocycles. The summed E-state index contributed by atoms with van der Waals surface area (Å²) in [6, 6.07) is 14.0. The first-order chi connectivity index (χ1) is 10.0. The molecule has 0 aliphatic carbocycles. The van der Waals surface area contributed by atoms with E-state index in [0.717, 1.165) is 5.56 Å². The predicted molar refractivity (Wildman–Crippen MR) is 85.6 cm³/mol. The van der Waals surface area contributed by atoms with Gasteiger partial charge >= 0.3 is 0 Å². The molecular formula is C17H14ClNO2. The molecule has 0 saturated carbocycles. The van der Waals surface area contributed by atoms with E-state index in [1.54, 1.807) is 42.5 Å². The number of Topliss-reactive ketones (excluding diaryl/α,β-unsaturated/α-hetero) is 1. The summed E-state index contributed by atoms with van der Waals surface area (Å²) in [5.74, 6) is -0.298. The molecule has 0 radical (unpaired) electrons. The summed E-state index contributed by atoms with van der Waals surface area (Å²) in [5.41, 5.74) is 2.04. The van der Waals surface area contributed by atoms with Crippen LogP contribution in [0.25, 0.3) is 6.08 Å². The van der Waals surface area contributed by atoms with Gasteiger partial charge in [-0.25, -0.2) is 0 Å². The lowest BCUT2D eigenvalue weighted by molar-refractivity contribution is -0.111. The van der Waals surface area contributed by atoms with E-state index in [2.05, 4.69) is 5.32 Å². The Morgan fingerprint density at radius 2 is 1.81 bits per heavy atom. The third-order valence-corrected chi connectivity index (χ3v) is 3.09. The molecule has 0 unspecified atom stereocenters. The summed E-state index contributed by atoms with van der Waals surface area (Å²) in [4.78, 5) is 23.1. The fourth-order valence-electron chi connectivity index (χ4n) is 1.75. The topological polar surface area (TPSA) is 46.2 Å². The molecule has 0 saturated heterocycles. The van der Waals surface area contributed by atoms with Crippen LogP contribution in [0.1, 0.15) is 22.8 Å². The van der Waals surface area contributed by atoms with E-state index < -0.39 is 0 Å². The summed E-state index contributed by atoms with van der Waals surface area (Å²) in [6.07, 6.45) is 3.13. The summed E-state index contributed by atoms with van der Waals surface area (Å²) in [7, 11) is 0. The molecule has 0 fully saturated rings. The number of anilines is 1. The highest BCUT2D eigenvalue weighted by Gasteiger charge is 2.02. The third-order valence-electron chi connectivity index (χ3n) is 2.83. The fraction of sp³-hybridized carbons (Fsp3) is 0.0588. The molecule has 2 rings (SSSR count). The lowest BCUT2D eigenvalue weighted by atomic mass is 10.1. The standard InChI is InChI=1S/C17H14ClNO2/c1-12(20)14-3-2-4-16(11-14)19-17(21)10-7-13-5-8-15(18)9-6-13/h2-11H,1H3,(H,19,21). The smallest absolute Gasteiger partial charge is 0.248 e. The first-order valence-corrected chi connectivity index (χ1v) is 6.78. The number of nitrogens with one attached hydrogen (secondary N) is 1. The van der Waals surface area contributed by atoms with Crippen molar-refractivity contribution in [2.45, 2.75) is 6.92 Å². The number of carbonyl (C=O) groups excluding carboxylic acids is 2. The lowest BCUT2D eigenvalue weighted by Gasteiger charge is -2.03. The van der Waals surface area contributed by atoms with Gasteiger partial charge in [-0.05, 0) is 42.8 Å². The molecule has 0 atom stereocenters. The quantitative estimate of drug-likeness (QED) is 0.679. The Labute approximate surface area is 128 Å². The van der Waals surface area contributed by atoms with Crippen molar-refractivity contribution in [1.29, 1.82) is 0 Å². The largest absolute Gasteiger partial charge is 0.322 e. The molecule has 2 aromatic rings. The van der Waals surface area contributed by atoms with Gasteiger partial charge in [-0.2, -0.15) is 0 Å². The highest BCUT2D eigenvalue weighted by atomic mass is 35.5. The maximum absolute atomic E-state index is 11.8. The lowest BCUT2D eigenvalue weighted by Crippen LogP contribution is -2.08. The summed E-state index contributed by atoms with van der Waals surface area (Å²) in [6.45, 7) is 1.49. The van der Waals surface area contributed by atoms with Crippen LogP contribution in [0.3, 0.4) is 0 Å². The summed E-state index contributed by atoms with van der Waals surface area (Å²) >= 11 is 5.79. The molecule has 0 aliphatic rings. The first-order valence-electron chi connectivity index (χ1n) is 6.40. The minimum absolute atomic E-state index is 0.0391. The Kier molecular flexibility index (Phi) is 4.90. The van der Waals surface area contributed by atoms with Gasteiger partial charge in [-0.1, -0.05) is 35.9 Å². The van der Waals surface area contributed by atoms with E-state index in [9.17, 15) is 9.59 Å². The number of benzene rings is 2. The number of hydrogen-bond acceptors (Lipinski definition) is 2. The minimum atomic E-state index is -0.259. The average molecular weight is 300 g/mol. The second-order valence-electron chi connectivity index (χ2n) is 4.51. The van der Waals surface area contributed by atoms with E-state index in [1.165, 1.54) is 13.0 Å². The van der Waals surface area contributed by atoms with Crippen molar-refractivity contribution in [2.24, 2.45) is 0 Å². The molecule has 4 heteroatoms. The van der Waals surface area contributed by atoms with Gasteiger partial charge in [0.25, 0.3) is 0 Å². The third kappa shape index (κ3) is 4.58. The van der Waals surface area contributed by atoms with Crippen molar-refractivity contribution in [3.8, 4) is 0 Å². The predicted octanol–water partition coefficient (Wildman–Crippen LogP) is 4.19. The highest BCUT2D eigenvalue weighted by Crippen LogP contribution is 2.12. The molecule has 21 heavy (non-hydrogen) atoms. The molecule has 106 valence electrons. The minimum Gasteiger partial charge on any atom is -0.322 e. The zero-order chi connectivity index (χ0) is 15.2. The molecule has 2 aromatic carbocycles. The van der Waals surface area contributed by atoms with Crippen LogP contribution in [0.15, 0.2) is 54.6 Å². The first kappa shape index (κ1) is 15.0. The van der Waals surface area contributed by atoms with Crippen molar-refractivity contribution in [2.75, 3.05) is 5.32 Å². The van der Waals surface area contributed by atoms with Crippen molar-refractivity contribution < 1.29 is 9.59 Å². The number of hydrogen-bond donors (Lipinski definition) is 1. The summed E-state index contributed by atoms with van der Waals surface area (Å²) < 4.78 is 0. The van der Waals surface area contributed by atoms with Crippen molar-refractivity contribution in [1.82, 2.24) is 0 Å². The normalized spacial score (nSPS) is 10.6. The Bertz CT molecular complexity index is 690. The second kappa shape index (κ2) is 6.86. The maximum Gasteiger partial charge on any atom is 0.248 e. The Balaban J connectivity index is 2.03. The Hall–Kier alpha value is -2.39. The van der Waals surface area contributed by atoms with Crippen LogP contribution >= 0.6 is 11.6 Å². The zero-order valence-electron chi connectivity index (χ0n) is 11.5. The van der Waals surface area contributed by atoms with Crippen LogP contribution in [0.4, 0.5) is 5.69 Å². The molecule has 1 amide bonds. The van der Waals surface area contributed by atoms with Crippen LogP contribution in [0.5, 0.6) is 0 Å². The van der Waals surface area contributed by atoms with Gasteiger partial charge in [0.15, 0.2) is 5.78 Å². The van der Waals surface area contributed by atoms with Gasteiger partial charge < -0.3 is 5.32 Å². The van der Waals surface area contributed by atoms with Crippen LogP contribution in [-0.4, -0.2) is 11.7 Å². The van der Waals surface area contributed by atoms with Crippen molar-refractivity contribution >= 4 is 35.1 Å². The Morgan fingerprint density at radius 3 is 2.48 bits per heavy atom. The molecule has 3 nitrogen and oxygen atoms in total. The van der Waals surface area contributed by atoms with E-state index in [0.29, 0.717) is 16.3 Å². The summed E-state index contributed by atoms with van der Waals surface area (Å²) in [5, 5.41) is 3.37. The highest BCUT2D eigenvalue weighted by molar-refractivity contribution is 6.30. The number of carbonyl (C=O) groups is 2. The van der Waals surface area contributed by atoms with Gasteiger partial charge in [0.2, 0.25) is 5.91 Å². The van der Waals surface area contributed by atoms with Crippen LogP contribution in [0, 0.1) is 0 Å². The zero-order valence-corrected chi connectivity index (χ0v) is 12.2. The maximum atomic E-state index is 11.8. The number of halogens is 1. The molecular weight excluding hydrogens is 286 g/mol. The molecule has 0 aromatic heterocycles. The van der Waals surface area contributed by atoms with Gasteiger partial charge in [0, 0.05) is 22.3 Å². The van der Waals surface area contributed by atoms with E-state index in [1.807, 2.05) is 12.1 Å². The van der Waals surface area contributed by atoms with Crippen molar-refractivity contribution in [3.63, 3.8) is 0 Å². The number of rotatable bonds is 4. The van der Waals surface area contributed by atoms with Gasteiger partial charge in [-0.15, -0.1) is 0 Å². The Morgan fingerprint density at radius 1 is 1.10 bits per heavy atom. The van der Waals surface area contributed by atoms with Gasteiger partial charge in [-0.3, -0.25) is 9.59 Å². The second-order valence-corrected chi connectivity index (χ2v) is 4.95. The average Bonchev–Trinajstić information content (AvgIpc) is 2.47. The van der Waals surface area contributed by atoms with Crippen LogP contribution in [0.2, 0.25) is 5.02 Å². The fourth-order valence-corrected chi connectivity index (χ4v) is 1.87. The molecule has 0 spiro atoms. The molecule has 0 bridgehead atoms. The van der Waals surface area contributed by atoms with Crippen LogP contribution < -0.4 is 5.32 Å². The SMILES string of the molecule is CC(=O)c1cccc(NC(=O)C=Cc2ccc(Cl)cc2)c1. The molecule has 1 N–H and O–H groups in total. The van der Waals surface area contributed by atoms with Gasteiger partial charge in [0.1, 0.15) is 0 Å². The van der Waals surface area contributed by atoms with Crippen LogP contribution in [-0.2, 0) is 4.79 Å². The monoisotopic (exact) mass is 299 g/mol. The number of amides is 1. The molecule has 0 heterocycles. The van der Waals surface area contributed by atoms with Crippen molar-refractivity contribution in [3.05, 3.63) is 70.8 Å².